The molecule has 0 bridgehead atoms. The number of ether oxygens (including phenoxy) is 6. The van der Waals surface area contributed by atoms with E-state index in [0.717, 1.165) is 11.1 Å². The summed E-state index contributed by atoms with van der Waals surface area (Å²) < 4.78 is 51.0. The molecule has 1 N–H and O–H groups in total. The van der Waals surface area contributed by atoms with Crippen LogP contribution in [0.15, 0.2) is 30.3 Å². The van der Waals surface area contributed by atoms with E-state index < -0.39 is 19.5 Å². The molecule has 0 heterocycles. The number of nitrogens with one attached hydrogen (secondary N) is 1. The molecule has 2 atom stereocenters. The molecule has 0 fully saturated rings. The molecule has 2 rings (SSSR count). The molecule has 0 saturated carbocycles. The van der Waals surface area contributed by atoms with Crippen molar-refractivity contribution in [2.75, 3.05) is 48.5 Å². The second-order valence-corrected chi connectivity index (χ2v) is 9.53. The molecule has 1 unspecified atom stereocenters. The first-order valence-corrected chi connectivity index (χ1v) is 12.9. The number of carbonyl (C=O) groups is 1. The van der Waals surface area contributed by atoms with Gasteiger partial charge in [-0.15, -0.1) is 0 Å². The van der Waals surface area contributed by atoms with E-state index in [1.165, 1.54) is 21.1 Å². The normalized spacial score (nSPS) is 13.5. The summed E-state index contributed by atoms with van der Waals surface area (Å²) in [6.45, 7) is 3.43. The van der Waals surface area contributed by atoms with Crippen molar-refractivity contribution >= 4 is 25.6 Å². The maximum Gasteiger partial charge on any atom is 0.342 e. The second kappa shape index (κ2) is 13.8. The topological polar surface area (TPSA) is 111 Å². The predicted molar refractivity (Wildman–Crippen MR) is 137 cm³/mol. The summed E-state index contributed by atoms with van der Waals surface area (Å²) in [6.07, 6.45) is 3.42. The first-order chi connectivity index (χ1) is 17.2. The minimum absolute atomic E-state index is 0.203. The molecular formula is C25H34NO9P. The highest BCUT2D eigenvalue weighted by atomic mass is 31.2. The zero-order chi connectivity index (χ0) is 26.7. The van der Waals surface area contributed by atoms with Crippen LogP contribution in [0.4, 0.5) is 0 Å². The van der Waals surface area contributed by atoms with Gasteiger partial charge in [0.15, 0.2) is 23.0 Å². The summed E-state index contributed by atoms with van der Waals surface area (Å²) in [5.41, 5.74) is 1.54. The molecule has 10 nitrogen and oxygen atoms in total. The Kier molecular flexibility index (Phi) is 11.1. The fourth-order valence-electron chi connectivity index (χ4n) is 3.29. The molecule has 36 heavy (non-hydrogen) atoms. The van der Waals surface area contributed by atoms with Crippen LogP contribution in [0.3, 0.4) is 0 Å². The molecule has 0 aliphatic rings. The maximum absolute atomic E-state index is 13.5. The Hall–Kier alpha value is -3.20. The molecule has 2 aromatic carbocycles. The van der Waals surface area contributed by atoms with Gasteiger partial charge in [0.25, 0.3) is 0 Å². The van der Waals surface area contributed by atoms with Crippen molar-refractivity contribution < 1.29 is 42.3 Å². The van der Waals surface area contributed by atoms with Crippen molar-refractivity contribution in [2.45, 2.75) is 19.9 Å². The van der Waals surface area contributed by atoms with E-state index in [9.17, 15) is 9.36 Å². The Labute approximate surface area is 211 Å². The van der Waals surface area contributed by atoms with Crippen LogP contribution in [-0.4, -0.2) is 60.5 Å². The molecule has 11 heteroatoms. The lowest BCUT2D eigenvalue weighted by molar-refractivity contribution is -0.144. The Morgan fingerprint density at radius 2 is 1.47 bits per heavy atom. The summed E-state index contributed by atoms with van der Waals surface area (Å²) in [4.78, 5) is 12.0. The zero-order valence-electron chi connectivity index (χ0n) is 21.7. The number of hydrogen-bond acceptors (Lipinski definition) is 9. The summed E-state index contributed by atoms with van der Waals surface area (Å²) in [6, 6.07) is 7.93. The molecule has 0 spiro atoms. The van der Waals surface area contributed by atoms with Gasteiger partial charge in [0.1, 0.15) is 12.4 Å². The fraction of sp³-hybridized carbons (Fsp3) is 0.400. The fourth-order valence-corrected chi connectivity index (χ4v) is 4.97. The third kappa shape index (κ3) is 7.65. The number of rotatable bonds is 14. The summed E-state index contributed by atoms with van der Waals surface area (Å²) in [5, 5.41) is 2.71. The lowest BCUT2D eigenvalue weighted by atomic mass is 10.1. The van der Waals surface area contributed by atoms with Gasteiger partial charge in [-0.05, 0) is 49.2 Å². The second-order valence-electron chi connectivity index (χ2n) is 7.49. The van der Waals surface area contributed by atoms with Gasteiger partial charge in [-0.25, -0.2) is 5.09 Å². The van der Waals surface area contributed by atoms with Gasteiger partial charge >= 0.3 is 13.5 Å². The van der Waals surface area contributed by atoms with Gasteiger partial charge in [0.05, 0.1) is 35.0 Å². The van der Waals surface area contributed by atoms with Crippen molar-refractivity contribution in [1.82, 2.24) is 5.09 Å². The van der Waals surface area contributed by atoms with Crippen molar-refractivity contribution in [3.8, 4) is 28.7 Å². The van der Waals surface area contributed by atoms with E-state index in [1.807, 2.05) is 30.4 Å². The third-order valence-corrected chi connectivity index (χ3v) is 6.79. The van der Waals surface area contributed by atoms with Crippen LogP contribution in [0.1, 0.15) is 25.0 Å². The highest BCUT2D eigenvalue weighted by Crippen LogP contribution is 2.47. The highest BCUT2D eigenvalue weighted by molar-refractivity contribution is 7.57. The summed E-state index contributed by atoms with van der Waals surface area (Å²) in [5.74, 6) is 1.58. The monoisotopic (exact) mass is 523 g/mol. The molecule has 0 aromatic heterocycles. The number of hydrogen-bond donors (Lipinski definition) is 1. The molecular weight excluding hydrogens is 489 g/mol. The number of benzene rings is 2. The van der Waals surface area contributed by atoms with Crippen LogP contribution in [0.25, 0.3) is 12.2 Å². The van der Waals surface area contributed by atoms with Crippen LogP contribution in [0, 0.1) is 0 Å². The molecule has 0 radical (unpaired) electrons. The van der Waals surface area contributed by atoms with E-state index in [0.29, 0.717) is 23.0 Å². The number of carbonyl (C=O) groups excluding carboxylic acids is 1. The van der Waals surface area contributed by atoms with Gasteiger partial charge in [-0.1, -0.05) is 18.2 Å². The quantitative estimate of drug-likeness (QED) is 0.214. The van der Waals surface area contributed by atoms with E-state index >= 15 is 0 Å². The largest absolute Gasteiger partial charge is 0.493 e. The summed E-state index contributed by atoms with van der Waals surface area (Å²) >= 11 is 0. The van der Waals surface area contributed by atoms with Gasteiger partial charge in [-0.2, -0.15) is 0 Å². The molecule has 198 valence electrons. The van der Waals surface area contributed by atoms with Crippen LogP contribution < -0.4 is 28.6 Å². The van der Waals surface area contributed by atoms with Crippen LogP contribution in [-0.2, 0) is 18.8 Å². The van der Waals surface area contributed by atoms with Gasteiger partial charge in [0, 0.05) is 7.11 Å². The predicted octanol–water partition coefficient (Wildman–Crippen LogP) is 4.61. The minimum atomic E-state index is -3.67. The van der Waals surface area contributed by atoms with E-state index in [1.54, 1.807) is 40.4 Å². The van der Waals surface area contributed by atoms with Crippen LogP contribution in [0.5, 0.6) is 28.7 Å². The van der Waals surface area contributed by atoms with Crippen LogP contribution >= 0.6 is 7.52 Å². The van der Waals surface area contributed by atoms with E-state index in [4.69, 9.17) is 32.9 Å². The van der Waals surface area contributed by atoms with Gasteiger partial charge < -0.3 is 32.9 Å². The number of methoxy groups -OCH3 is 5. The smallest absolute Gasteiger partial charge is 0.342 e. The van der Waals surface area contributed by atoms with Gasteiger partial charge in [-0.3, -0.25) is 9.36 Å². The first-order valence-electron chi connectivity index (χ1n) is 11.1. The standard InChI is InChI=1S/C25H34NO9P/c1-8-34-25(27)17(2)26-36(28,16-29-3)35-21-13-18(11-12-20(21)30-4)9-10-19-14-22(31-5)24(33-7)23(15-19)32-6/h9-15,17H,8,16H2,1-7H3,(H,26,28)/b10-9-/t17-,36?/m0/s1. The Balaban J connectivity index is 2.36. The minimum Gasteiger partial charge on any atom is -0.493 e. The summed E-state index contributed by atoms with van der Waals surface area (Å²) in [7, 11) is 3.84. The number of esters is 1. The van der Waals surface area contributed by atoms with Crippen molar-refractivity contribution in [3.63, 3.8) is 0 Å². The Bertz CT molecular complexity index is 1080. The third-order valence-electron chi connectivity index (χ3n) is 4.92. The molecule has 0 amide bonds. The lowest BCUT2D eigenvalue weighted by Gasteiger charge is -2.23. The van der Waals surface area contributed by atoms with Gasteiger partial charge in [0.2, 0.25) is 5.75 Å². The van der Waals surface area contributed by atoms with Crippen molar-refractivity contribution in [1.29, 1.82) is 0 Å². The van der Waals surface area contributed by atoms with E-state index in [2.05, 4.69) is 5.09 Å². The average molecular weight is 524 g/mol. The van der Waals surface area contributed by atoms with Crippen LogP contribution in [0.2, 0.25) is 0 Å². The SMILES string of the molecule is CCOC(=O)[C@H](C)NP(=O)(COC)Oc1cc(/C=C\c2cc(OC)c(OC)c(OC)c2)ccc1OC. The Morgan fingerprint density at radius 1 is 0.889 bits per heavy atom. The Morgan fingerprint density at radius 3 is 2.00 bits per heavy atom. The molecule has 2 aromatic rings. The van der Waals surface area contributed by atoms with Crippen molar-refractivity contribution in [3.05, 3.63) is 41.5 Å². The van der Waals surface area contributed by atoms with Crippen molar-refractivity contribution in [2.24, 2.45) is 0 Å². The average Bonchev–Trinajstić information content (AvgIpc) is 2.86. The molecule has 0 aliphatic carbocycles. The first kappa shape index (κ1) is 29.0. The molecule has 0 aliphatic heterocycles. The molecule has 0 saturated heterocycles. The van der Waals surface area contributed by atoms with E-state index in [-0.39, 0.29) is 18.7 Å². The lowest BCUT2D eigenvalue weighted by Crippen LogP contribution is -2.35. The zero-order valence-corrected chi connectivity index (χ0v) is 22.5. The highest BCUT2D eigenvalue weighted by Gasteiger charge is 2.31. The maximum atomic E-state index is 13.5.